The number of hydrogen-bond donors (Lipinski definition) is 3. The molecule has 0 spiro atoms. The summed E-state index contributed by atoms with van der Waals surface area (Å²) >= 11 is 5.33. The van der Waals surface area contributed by atoms with E-state index in [0.29, 0.717) is 13.0 Å². The van der Waals surface area contributed by atoms with Gasteiger partial charge in [-0.15, -0.1) is 11.8 Å². The molecule has 1 aromatic rings. The molecule has 0 radical (unpaired) electrons. The number of amides is 1. The average molecular weight is 449 g/mol. The molecule has 1 aromatic carbocycles. The third kappa shape index (κ3) is 2.83. The van der Waals surface area contributed by atoms with Crippen LogP contribution in [0, 0.1) is 11.8 Å². The maximum absolute atomic E-state index is 12.5. The summed E-state index contributed by atoms with van der Waals surface area (Å²) in [6, 6.07) is 8.82. The van der Waals surface area contributed by atoms with E-state index in [0.717, 1.165) is 0 Å². The number of carbonyl (C=O) groups is 1. The smallest absolute Gasteiger partial charge is 0.234 e. The quantitative estimate of drug-likeness (QED) is 0.621. The van der Waals surface area contributed by atoms with Crippen LogP contribution in [0.2, 0.25) is 0 Å². The predicted octanol–water partition coefficient (Wildman–Crippen LogP) is 2.65. The fourth-order valence-electron chi connectivity index (χ4n) is 5.40. The van der Waals surface area contributed by atoms with E-state index >= 15 is 0 Å². The Labute approximate surface area is 172 Å². The Morgan fingerprint density at radius 2 is 2.04 bits per heavy atom. The van der Waals surface area contributed by atoms with Crippen molar-refractivity contribution in [2.24, 2.45) is 17.6 Å². The Kier molecular flexibility index (Phi) is 4.46. The van der Waals surface area contributed by atoms with E-state index in [4.69, 9.17) is 5.73 Å². The van der Waals surface area contributed by atoms with E-state index in [1.807, 2.05) is 0 Å². The fraction of sp³-hybridized carbons (Fsp3) is 0.571. The zero-order valence-corrected chi connectivity index (χ0v) is 17.5. The second-order valence-electron chi connectivity index (χ2n) is 8.53. The molecular formula is C21H25BrN2O2S. The SMILES string of the molecule is NCC1(c2ccc(C3C(O)CC(Br)C4NC(=O)C5SC=CC5C43)cc2)CC1. The number of aliphatic hydroxyl groups is 1. The van der Waals surface area contributed by atoms with Crippen molar-refractivity contribution >= 4 is 33.6 Å². The van der Waals surface area contributed by atoms with Crippen molar-refractivity contribution in [3.63, 3.8) is 0 Å². The molecule has 3 fully saturated rings. The largest absolute Gasteiger partial charge is 0.392 e. The topological polar surface area (TPSA) is 75.3 Å². The van der Waals surface area contributed by atoms with E-state index < -0.39 is 6.10 Å². The molecule has 2 heterocycles. The first-order valence-corrected chi connectivity index (χ1v) is 11.6. The standard InChI is InChI=1S/C21H25BrN2O2S/c22-14-9-15(25)16(11-1-3-12(4-2-11)21(10-23)6-7-21)17-13-5-8-27-19(13)20(26)24-18(14)17/h1-5,8,13-19,25H,6-7,9-10,23H2,(H,24,26). The molecule has 6 heteroatoms. The van der Waals surface area contributed by atoms with Crippen molar-refractivity contribution in [2.75, 3.05) is 6.54 Å². The van der Waals surface area contributed by atoms with Gasteiger partial charge in [-0.25, -0.2) is 0 Å². The molecule has 0 bridgehead atoms. The summed E-state index contributed by atoms with van der Waals surface area (Å²) in [4.78, 5) is 12.6. The molecular weight excluding hydrogens is 424 g/mol. The number of thioether (sulfide) groups is 1. The van der Waals surface area contributed by atoms with Crippen LogP contribution < -0.4 is 11.1 Å². The van der Waals surface area contributed by atoms with Crippen LogP contribution in [0.1, 0.15) is 36.3 Å². The van der Waals surface area contributed by atoms with Crippen molar-refractivity contribution in [1.82, 2.24) is 5.32 Å². The van der Waals surface area contributed by atoms with E-state index in [1.165, 1.54) is 24.0 Å². The van der Waals surface area contributed by atoms with Gasteiger partial charge in [0.25, 0.3) is 0 Å². The Hall–Kier alpha value is -0.820. The minimum atomic E-state index is -0.416. The number of halogens is 1. The summed E-state index contributed by atoms with van der Waals surface area (Å²) in [7, 11) is 0. The number of benzene rings is 1. The summed E-state index contributed by atoms with van der Waals surface area (Å²) in [5, 5.41) is 16.2. The summed E-state index contributed by atoms with van der Waals surface area (Å²) < 4.78 is 0. The molecule has 4 nitrogen and oxygen atoms in total. The molecule has 27 heavy (non-hydrogen) atoms. The van der Waals surface area contributed by atoms with Gasteiger partial charge in [-0.1, -0.05) is 46.3 Å². The lowest BCUT2D eigenvalue weighted by Crippen LogP contribution is -2.63. The molecule has 1 saturated heterocycles. The molecule has 4 aliphatic rings. The third-order valence-electron chi connectivity index (χ3n) is 7.14. The zero-order valence-electron chi connectivity index (χ0n) is 15.1. The number of nitrogens with two attached hydrogens (primary N) is 1. The van der Waals surface area contributed by atoms with Gasteiger partial charge in [0.05, 0.1) is 11.4 Å². The summed E-state index contributed by atoms with van der Waals surface area (Å²) in [5.41, 5.74) is 8.66. The van der Waals surface area contributed by atoms with Gasteiger partial charge in [0, 0.05) is 34.7 Å². The second-order valence-corrected chi connectivity index (χ2v) is 10.8. The van der Waals surface area contributed by atoms with Crippen molar-refractivity contribution < 1.29 is 9.90 Å². The van der Waals surface area contributed by atoms with Gasteiger partial charge in [-0.3, -0.25) is 4.79 Å². The number of rotatable bonds is 3. The normalized spacial score (nSPS) is 41.6. The number of carbonyl (C=O) groups excluding carboxylic acids is 1. The Balaban J connectivity index is 1.50. The van der Waals surface area contributed by atoms with Gasteiger partial charge >= 0.3 is 0 Å². The highest BCUT2D eigenvalue weighted by Crippen LogP contribution is 2.52. The van der Waals surface area contributed by atoms with Gasteiger partial charge in [-0.05, 0) is 41.7 Å². The second kappa shape index (κ2) is 6.61. The van der Waals surface area contributed by atoms with Crippen molar-refractivity contribution in [3.05, 3.63) is 46.9 Å². The van der Waals surface area contributed by atoms with Gasteiger partial charge < -0.3 is 16.2 Å². The van der Waals surface area contributed by atoms with Gasteiger partial charge in [-0.2, -0.15) is 0 Å². The summed E-state index contributed by atoms with van der Waals surface area (Å²) in [6.45, 7) is 0.701. The minimum Gasteiger partial charge on any atom is -0.392 e. The van der Waals surface area contributed by atoms with E-state index in [9.17, 15) is 9.90 Å². The number of allylic oxidation sites excluding steroid dienone is 1. The molecule has 2 aliphatic carbocycles. The zero-order chi connectivity index (χ0) is 18.8. The van der Waals surface area contributed by atoms with Crippen LogP contribution in [0.3, 0.4) is 0 Å². The van der Waals surface area contributed by atoms with Crippen LogP contribution in [0.15, 0.2) is 35.7 Å². The lowest BCUT2D eigenvalue weighted by atomic mass is 9.63. The van der Waals surface area contributed by atoms with Gasteiger partial charge in [0.15, 0.2) is 0 Å². The number of alkyl halides is 1. The van der Waals surface area contributed by atoms with Gasteiger partial charge in [0.2, 0.25) is 5.91 Å². The Morgan fingerprint density at radius 1 is 1.30 bits per heavy atom. The number of piperidine rings is 1. The highest BCUT2D eigenvalue weighted by atomic mass is 79.9. The van der Waals surface area contributed by atoms with Crippen LogP contribution in [0.5, 0.6) is 0 Å². The molecule has 144 valence electrons. The lowest BCUT2D eigenvalue weighted by Gasteiger charge is -2.50. The minimum absolute atomic E-state index is 0.0299. The van der Waals surface area contributed by atoms with Crippen molar-refractivity contribution in [1.29, 1.82) is 0 Å². The Bertz CT molecular complexity index is 779. The van der Waals surface area contributed by atoms with Crippen LogP contribution in [-0.4, -0.2) is 39.8 Å². The average Bonchev–Trinajstić information content (AvgIpc) is 3.31. The Morgan fingerprint density at radius 3 is 2.70 bits per heavy atom. The molecule has 7 unspecified atom stereocenters. The highest BCUT2D eigenvalue weighted by Gasteiger charge is 2.54. The third-order valence-corrected chi connectivity index (χ3v) is 9.22. The maximum Gasteiger partial charge on any atom is 0.234 e. The van der Waals surface area contributed by atoms with E-state index in [2.05, 4.69) is 57.0 Å². The number of fused-ring (bicyclic) bond motifs is 3. The summed E-state index contributed by atoms with van der Waals surface area (Å²) in [6.07, 6.45) is 4.75. The van der Waals surface area contributed by atoms with Crippen molar-refractivity contribution in [2.45, 2.75) is 52.8 Å². The van der Waals surface area contributed by atoms with Gasteiger partial charge in [0.1, 0.15) is 0 Å². The first-order valence-electron chi connectivity index (χ1n) is 9.79. The molecule has 2 aliphatic heterocycles. The molecule has 2 saturated carbocycles. The lowest BCUT2D eigenvalue weighted by molar-refractivity contribution is -0.126. The van der Waals surface area contributed by atoms with Crippen LogP contribution in [0.25, 0.3) is 0 Å². The van der Waals surface area contributed by atoms with Crippen LogP contribution in [0.4, 0.5) is 0 Å². The van der Waals surface area contributed by atoms with E-state index in [-0.39, 0.29) is 45.2 Å². The van der Waals surface area contributed by atoms with Crippen LogP contribution in [-0.2, 0) is 10.2 Å². The molecule has 7 atom stereocenters. The van der Waals surface area contributed by atoms with Crippen molar-refractivity contribution in [3.8, 4) is 0 Å². The molecule has 0 aromatic heterocycles. The molecule has 1 amide bonds. The number of hydrogen-bond acceptors (Lipinski definition) is 4. The monoisotopic (exact) mass is 448 g/mol. The maximum atomic E-state index is 12.5. The first kappa shape index (κ1) is 18.2. The van der Waals surface area contributed by atoms with Crippen LogP contribution >= 0.6 is 27.7 Å². The summed E-state index contributed by atoms with van der Waals surface area (Å²) in [5.74, 6) is 0.529. The molecule has 4 N–H and O–H groups in total. The highest BCUT2D eigenvalue weighted by molar-refractivity contribution is 9.09. The first-order chi connectivity index (χ1) is 13.0. The predicted molar refractivity (Wildman–Crippen MR) is 112 cm³/mol. The number of nitrogens with one attached hydrogen (secondary N) is 1. The fourth-order valence-corrected chi connectivity index (χ4v) is 7.36. The molecule has 5 rings (SSSR count). The number of aliphatic hydroxyl groups excluding tert-OH is 1. The van der Waals surface area contributed by atoms with E-state index in [1.54, 1.807) is 11.8 Å².